The van der Waals surface area contributed by atoms with E-state index in [0.717, 1.165) is 20.8 Å². The molecule has 0 bridgehead atoms. The maximum Gasteiger partial charge on any atom is 0.129 e. The van der Waals surface area contributed by atoms with Crippen molar-refractivity contribution in [3.05, 3.63) is 59.9 Å². The van der Waals surface area contributed by atoms with Crippen molar-refractivity contribution in [2.45, 2.75) is 22.9 Å². The molecule has 0 amide bonds. The summed E-state index contributed by atoms with van der Waals surface area (Å²) in [7, 11) is 0. The molecule has 4 heteroatoms. The first-order valence-electron chi connectivity index (χ1n) is 6.45. The van der Waals surface area contributed by atoms with E-state index < -0.39 is 0 Å². The van der Waals surface area contributed by atoms with E-state index in [-0.39, 0.29) is 11.9 Å². The summed E-state index contributed by atoms with van der Waals surface area (Å²) in [4.78, 5) is 4.18. The average Bonchev–Trinajstić information content (AvgIpc) is 2.80. The number of halogens is 1. The Bertz CT molecular complexity index is 716. The van der Waals surface area contributed by atoms with Gasteiger partial charge in [0.2, 0.25) is 0 Å². The fraction of sp³-hybridized carbons (Fsp3) is 0.125. The lowest BCUT2D eigenvalue weighted by atomic mass is 10.1. The Morgan fingerprint density at radius 1 is 1.15 bits per heavy atom. The zero-order valence-corrected chi connectivity index (χ0v) is 11.9. The summed E-state index contributed by atoms with van der Waals surface area (Å²) in [5, 5.41) is 2.13. The number of nitrogens with two attached hydrogens (primary N) is 1. The Balaban J connectivity index is 2.00. The number of hydrogen-bond acceptors (Lipinski definition) is 2. The van der Waals surface area contributed by atoms with Gasteiger partial charge in [0.1, 0.15) is 5.82 Å². The molecular weight excluding hydrogens is 271 g/mol. The first kappa shape index (κ1) is 13.2. The fourth-order valence-electron chi connectivity index (χ4n) is 2.27. The summed E-state index contributed by atoms with van der Waals surface area (Å²) >= 11 is 1.51. The number of aromatic nitrogens is 1. The molecule has 1 atom stereocenters. The molecule has 1 aromatic heterocycles. The van der Waals surface area contributed by atoms with Gasteiger partial charge in [-0.15, -0.1) is 0 Å². The normalized spacial score (nSPS) is 12.8. The molecule has 0 aliphatic heterocycles. The largest absolute Gasteiger partial charge is 0.349 e. The molecule has 2 aromatic carbocycles. The van der Waals surface area contributed by atoms with Gasteiger partial charge in [0.05, 0.1) is 5.03 Å². The molecule has 20 heavy (non-hydrogen) atoms. The Hall–Kier alpha value is -1.78. The molecular formula is C16H15FN2S. The van der Waals surface area contributed by atoms with Crippen molar-refractivity contribution in [1.82, 2.24) is 4.98 Å². The molecule has 2 nitrogen and oxygen atoms in total. The smallest absolute Gasteiger partial charge is 0.129 e. The number of rotatable bonds is 3. The van der Waals surface area contributed by atoms with Gasteiger partial charge in [0.15, 0.2) is 0 Å². The first-order chi connectivity index (χ1) is 9.65. The lowest BCUT2D eigenvalue weighted by molar-refractivity contribution is 0.585. The van der Waals surface area contributed by atoms with Crippen molar-refractivity contribution in [3.63, 3.8) is 0 Å². The van der Waals surface area contributed by atoms with Gasteiger partial charge in [0.25, 0.3) is 0 Å². The van der Waals surface area contributed by atoms with Gasteiger partial charge in [-0.2, -0.15) is 0 Å². The number of benzene rings is 2. The zero-order valence-electron chi connectivity index (χ0n) is 11.1. The van der Waals surface area contributed by atoms with E-state index in [1.54, 1.807) is 13.0 Å². The number of hydrogen-bond donors (Lipinski definition) is 2. The number of para-hydroxylation sites is 1. The quantitative estimate of drug-likeness (QED) is 0.745. The van der Waals surface area contributed by atoms with Crippen LogP contribution >= 0.6 is 11.8 Å². The highest BCUT2D eigenvalue weighted by molar-refractivity contribution is 7.99. The second kappa shape index (κ2) is 5.31. The molecule has 1 unspecified atom stereocenters. The van der Waals surface area contributed by atoms with Crippen LogP contribution in [0.4, 0.5) is 4.39 Å². The van der Waals surface area contributed by atoms with Crippen LogP contribution in [0, 0.1) is 5.82 Å². The standard InChI is InChI=1S/C16H15FN2S/c1-10(18)16-12(17)6-4-8-14(16)20-15-9-11-5-2-3-7-13(11)19-15/h2-10,19H,18H2,1H3. The maximum atomic E-state index is 13.9. The Labute approximate surface area is 121 Å². The Morgan fingerprint density at radius 3 is 2.70 bits per heavy atom. The molecule has 1 heterocycles. The second-order valence-corrected chi connectivity index (χ2v) is 5.85. The molecule has 102 valence electrons. The average molecular weight is 286 g/mol. The van der Waals surface area contributed by atoms with Crippen LogP contribution in [-0.2, 0) is 0 Å². The third-order valence-electron chi connectivity index (χ3n) is 3.19. The number of H-pyrrole nitrogens is 1. The van der Waals surface area contributed by atoms with Crippen LogP contribution in [0.3, 0.4) is 0 Å². The number of aromatic amines is 1. The molecule has 0 aliphatic rings. The fourth-order valence-corrected chi connectivity index (χ4v) is 3.39. The summed E-state index contributed by atoms with van der Waals surface area (Å²) in [6.45, 7) is 1.80. The van der Waals surface area contributed by atoms with Crippen LogP contribution in [0.5, 0.6) is 0 Å². The predicted octanol–water partition coefficient (Wildman–Crippen LogP) is 4.48. The first-order valence-corrected chi connectivity index (χ1v) is 7.26. The molecule has 0 saturated heterocycles. The van der Waals surface area contributed by atoms with E-state index >= 15 is 0 Å². The Morgan fingerprint density at radius 2 is 1.95 bits per heavy atom. The summed E-state index contributed by atoms with van der Waals surface area (Å²) in [5.74, 6) is -0.249. The monoisotopic (exact) mass is 286 g/mol. The van der Waals surface area contributed by atoms with Gasteiger partial charge in [-0.25, -0.2) is 4.39 Å². The van der Waals surface area contributed by atoms with E-state index in [2.05, 4.69) is 11.1 Å². The van der Waals surface area contributed by atoms with Gasteiger partial charge in [0, 0.05) is 27.4 Å². The van der Waals surface area contributed by atoms with Crippen LogP contribution in [0.25, 0.3) is 10.9 Å². The van der Waals surface area contributed by atoms with Gasteiger partial charge in [-0.3, -0.25) is 0 Å². The van der Waals surface area contributed by atoms with Crippen LogP contribution in [0.1, 0.15) is 18.5 Å². The molecule has 0 spiro atoms. The van der Waals surface area contributed by atoms with Gasteiger partial charge < -0.3 is 10.7 Å². The number of fused-ring (bicyclic) bond motifs is 1. The van der Waals surface area contributed by atoms with Crippen LogP contribution in [0.2, 0.25) is 0 Å². The molecule has 0 aliphatic carbocycles. The van der Waals surface area contributed by atoms with Gasteiger partial charge >= 0.3 is 0 Å². The van der Waals surface area contributed by atoms with Gasteiger partial charge in [-0.05, 0) is 31.2 Å². The minimum absolute atomic E-state index is 0.249. The maximum absolute atomic E-state index is 13.9. The Kier molecular flexibility index (Phi) is 3.51. The highest BCUT2D eigenvalue weighted by atomic mass is 32.2. The minimum Gasteiger partial charge on any atom is -0.349 e. The molecule has 0 fully saturated rings. The molecule has 3 aromatic rings. The zero-order chi connectivity index (χ0) is 14.1. The van der Waals surface area contributed by atoms with Crippen LogP contribution in [-0.4, -0.2) is 4.98 Å². The minimum atomic E-state index is -0.330. The van der Waals surface area contributed by atoms with Crippen molar-refractivity contribution >= 4 is 22.7 Å². The lowest BCUT2D eigenvalue weighted by Crippen LogP contribution is -2.08. The molecule has 0 radical (unpaired) electrons. The van der Waals surface area contributed by atoms with Crippen molar-refractivity contribution < 1.29 is 4.39 Å². The second-order valence-electron chi connectivity index (χ2n) is 4.76. The van der Waals surface area contributed by atoms with Crippen LogP contribution in [0.15, 0.2) is 58.5 Å². The summed E-state index contributed by atoms with van der Waals surface area (Å²) in [6, 6.07) is 14.9. The van der Waals surface area contributed by atoms with Crippen molar-refractivity contribution in [2.75, 3.05) is 0 Å². The summed E-state index contributed by atoms with van der Waals surface area (Å²) in [6.07, 6.45) is 0. The summed E-state index contributed by atoms with van der Waals surface area (Å²) < 4.78 is 13.9. The van der Waals surface area contributed by atoms with E-state index in [4.69, 9.17) is 5.73 Å². The highest BCUT2D eigenvalue weighted by Crippen LogP contribution is 2.35. The SMILES string of the molecule is CC(N)c1c(F)cccc1Sc1cc2ccccc2[nH]1. The predicted molar refractivity (Wildman–Crippen MR) is 81.4 cm³/mol. The van der Waals surface area contributed by atoms with E-state index in [1.807, 2.05) is 30.3 Å². The molecule has 3 N–H and O–H groups in total. The molecule has 3 rings (SSSR count). The third-order valence-corrected chi connectivity index (χ3v) is 4.21. The molecule has 0 saturated carbocycles. The van der Waals surface area contributed by atoms with E-state index in [1.165, 1.54) is 17.8 Å². The van der Waals surface area contributed by atoms with Crippen molar-refractivity contribution in [1.29, 1.82) is 0 Å². The van der Waals surface area contributed by atoms with Crippen molar-refractivity contribution in [3.8, 4) is 0 Å². The third kappa shape index (κ3) is 2.44. The van der Waals surface area contributed by atoms with E-state index in [9.17, 15) is 4.39 Å². The van der Waals surface area contributed by atoms with Crippen LogP contribution < -0.4 is 5.73 Å². The number of nitrogens with one attached hydrogen (secondary N) is 1. The van der Waals surface area contributed by atoms with E-state index in [0.29, 0.717) is 5.56 Å². The van der Waals surface area contributed by atoms with Crippen molar-refractivity contribution in [2.24, 2.45) is 5.73 Å². The summed E-state index contributed by atoms with van der Waals surface area (Å²) in [5.41, 5.74) is 7.52. The topological polar surface area (TPSA) is 41.8 Å². The lowest BCUT2D eigenvalue weighted by Gasteiger charge is -2.12. The highest BCUT2D eigenvalue weighted by Gasteiger charge is 2.14. The van der Waals surface area contributed by atoms with Gasteiger partial charge in [-0.1, -0.05) is 36.0 Å².